The Balaban J connectivity index is 2.60. The van der Waals surface area contributed by atoms with Gasteiger partial charge in [-0.25, -0.2) is 0 Å². The van der Waals surface area contributed by atoms with Crippen molar-refractivity contribution in [2.75, 3.05) is 0 Å². The van der Waals surface area contributed by atoms with Crippen molar-refractivity contribution in [3.05, 3.63) is 0 Å². The summed E-state index contributed by atoms with van der Waals surface area (Å²) in [6.45, 7) is 8.67. The van der Waals surface area contributed by atoms with Gasteiger partial charge >= 0.3 is 0 Å². The van der Waals surface area contributed by atoms with Crippen molar-refractivity contribution in [1.29, 1.82) is 0 Å². The second-order valence-corrected chi connectivity index (χ2v) is 6.02. The van der Waals surface area contributed by atoms with E-state index < -0.39 is 0 Å². The standard InChI is InChI=1S/C14H27NO/c1-11(2)10-13(16)15-14(12(3)4)8-6-5-7-9-14/h11-12H,5-10H2,1-4H3,(H,15,16). The molecular formula is C14H27NO. The maximum absolute atomic E-state index is 11.9. The van der Waals surface area contributed by atoms with Gasteiger partial charge in [0.05, 0.1) is 0 Å². The van der Waals surface area contributed by atoms with E-state index >= 15 is 0 Å². The molecule has 0 aromatic heterocycles. The number of nitrogens with one attached hydrogen (secondary N) is 1. The fraction of sp³-hybridized carbons (Fsp3) is 0.929. The minimum Gasteiger partial charge on any atom is -0.350 e. The molecule has 0 aromatic rings. The molecule has 2 nitrogen and oxygen atoms in total. The molecule has 0 saturated heterocycles. The van der Waals surface area contributed by atoms with Gasteiger partial charge in [0.15, 0.2) is 0 Å². The lowest BCUT2D eigenvalue weighted by molar-refractivity contribution is -0.124. The molecule has 1 saturated carbocycles. The zero-order valence-electron chi connectivity index (χ0n) is 11.3. The van der Waals surface area contributed by atoms with Crippen LogP contribution in [-0.2, 0) is 4.79 Å². The monoisotopic (exact) mass is 225 g/mol. The number of amides is 1. The predicted molar refractivity (Wildman–Crippen MR) is 68.3 cm³/mol. The molecule has 0 unspecified atom stereocenters. The van der Waals surface area contributed by atoms with Crippen LogP contribution >= 0.6 is 0 Å². The summed E-state index contributed by atoms with van der Waals surface area (Å²) in [6.07, 6.45) is 6.84. The Morgan fingerprint density at radius 1 is 1.12 bits per heavy atom. The highest BCUT2D eigenvalue weighted by Crippen LogP contribution is 2.34. The van der Waals surface area contributed by atoms with Gasteiger partial charge < -0.3 is 5.32 Å². The van der Waals surface area contributed by atoms with Crippen molar-refractivity contribution in [2.45, 2.75) is 71.8 Å². The molecule has 0 heterocycles. The highest BCUT2D eigenvalue weighted by atomic mass is 16.1. The predicted octanol–water partition coefficient (Wildman–Crippen LogP) is 3.51. The Kier molecular flexibility index (Phi) is 4.82. The van der Waals surface area contributed by atoms with Crippen molar-refractivity contribution in [3.8, 4) is 0 Å². The van der Waals surface area contributed by atoms with Crippen LogP contribution in [0.4, 0.5) is 0 Å². The molecular weight excluding hydrogens is 198 g/mol. The quantitative estimate of drug-likeness (QED) is 0.779. The Morgan fingerprint density at radius 3 is 2.12 bits per heavy atom. The van der Waals surface area contributed by atoms with Gasteiger partial charge in [0.25, 0.3) is 0 Å². The van der Waals surface area contributed by atoms with Gasteiger partial charge in [0, 0.05) is 12.0 Å². The minimum absolute atomic E-state index is 0.0875. The van der Waals surface area contributed by atoms with Crippen LogP contribution in [-0.4, -0.2) is 11.4 Å². The van der Waals surface area contributed by atoms with Gasteiger partial charge in [0.1, 0.15) is 0 Å². The molecule has 1 aliphatic carbocycles. The van der Waals surface area contributed by atoms with Gasteiger partial charge in [-0.15, -0.1) is 0 Å². The van der Waals surface area contributed by atoms with Crippen LogP contribution < -0.4 is 5.32 Å². The molecule has 2 heteroatoms. The highest BCUT2D eigenvalue weighted by molar-refractivity contribution is 5.77. The molecule has 1 fully saturated rings. The number of rotatable bonds is 4. The smallest absolute Gasteiger partial charge is 0.220 e. The molecule has 1 rings (SSSR count). The number of hydrogen-bond acceptors (Lipinski definition) is 1. The molecule has 16 heavy (non-hydrogen) atoms. The zero-order chi connectivity index (χ0) is 12.2. The van der Waals surface area contributed by atoms with Crippen LogP contribution in [0.25, 0.3) is 0 Å². The number of carbonyl (C=O) groups is 1. The second kappa shape index (κ2) is 5.70. The highest BCUT2D eigenvalue weighted by Gasteiger charge is 2.36. The van der Waals surface area contributed by atoms with Crippen LogP contribution in [0.15, 0.2) is 0 Å². The average Bonchev–Trinajstić information content (AvgIpc) is 2.17. The summed E-state index contributed by atoms with van der Waals surface area (Å²) in [4.78, 5) is 11.9. The molecule has 0 aromatic carbocycles. The SMILES string of the molecule is CC(C)CC(=O)NC1(C(C)C)CCCCC1. The van der Waals surface area contributed by atoms with E-state index in [1.54, 1.807) is 0 Å². The first kappa shape index (κ1) is 13.5. The van der Waals surface area contributed by atoms with Crippen molar-refractivity contribution in [2.24, 2.45) is 11.8 Å². The maximum Gasteiger partial charge on any atom is 0.220 e. The van der Waals surface area contributed by atoms with E-state index in [1.807, 2.05) is 0 Å². The lowest BCUT2D eigenvalue weighted by Gasteiger charge is -2.42. The third-order valence-electron chi connectivity index (χ3n) is 3.83. The molecule has 0 bridgehead atoms. The Labute approximate surface area is 100 Å². The summed E-state index contributed by atoms with van der Waals surface area (Å²) >= 11 is 0. The topological polar surface area (TPSA) is 29.1 Å². The summed E-state index contributed by atoms with van der Waals surface area (Å²) in [5.41, 5.74) is 0.0875. The van der Waals surface area contributed by atoms with Crippen LogP contribution in [0.5, 0.6) is 0 Å². The molecule has 94 valence electrons. The van der Waals surface area contributed by atoms with Crippen molar-refractivity contribution in [3.63, 3.8) is 0 Å². The van der Waals surface area contributed by atoms with Gasteiger partial charge in [-0.1, -0.05) is 47.0 Å². The van der Waals surface area contributed by atoms with Gasteiger partial charge in [-0.05, 0) is 24.7 Å². The number of carbonyl (C=O) groups excluding carboxylic acids is 1. The average molecular weight is 225 g/mol. The Bertz CT molecular complexity index is 227. The summed E-state index contributed by atoms with van der Waals surface area (Å²) in [5.74, 6) is 1.24. The van der Waals surface area contributed by atoms with Crippen molar-refractivity contribution in [1.82, 2.24) is 5.32 Å². The van der Waals surface area contributed by atoms with Gasteiger partial charge in [0.2, 0.25) is 5.91 Å². The fourth-order valence-electron chi connectivity index (χ4n) is 2.73. The van der Waals surface area contributed by atoms with Gasteiger partial charge in [-0.3, -0.25) is 4.79 Å². The molecule has 1 N–H and O–H groups in total. The zero-order valence-corrected chi connectivity index (χ0v) is 11.3. The van der Waals surface area contributed by atoms with Gasteiger partial charge in [-0.2, -0.15) is 0 Å². The largest absolute Gasteiger partial charge is 0.350 e. The second-order valence-electron chi connectivity index (χ2n) is 6.02. The summed E-state index contributed by atoms with van der Waals surface area (Å²) in [7, 11) is 0. The van der Waals surface area contributed by atoms with Crippen molar-refractivity contribution >= 4 is 5.91 Å². The first-order valence-electron chi connectivity index (χ1n) is 6.77. The molecule has 0 spiro atoms. The Hall–Kier alpha value is -0.530. The molecule has 0 aliphatic heterocycles. The first-order valence-corrected chi connectivity index (χ1v) is 6.77. The third-order valence-corrected chi connectivity index (χ3v) is 3.83. The van der Waals surface area contributed by atoms with E-state index in [0.29, 0.717) is 18.3 Å². The third kappa shape index (κ3) is 3.50. The van der Waals surface area contributed by atoms with Crippen LogP contribution in [0.2, 0.25) is 0 Å². The van der Waals surface area contributed by atoms with E-state index in [1.165, 1.54) is 19.3 Å². The molecule has 1 aliphatic rings. The lowest BCUT2D eigenvalue weighted by Crippen LogP contribution is -2.53. The van der Waals surface area contributed by atoms with E-state index in [0.717, 1.165) is 12.8 Å². The van der Waals surface area contributed by atoms with Crippen LogP contribution in [0, 0.1) is 11.8 Å². The fourth-order valence-corrected chi connectivity index (χ4v) is 2.73. The minimum atomic E-state index is 0.0875. The first-order chi connectivity index (χ1) is 7.46. The van der Waals surface area contributed by atoms with E-state index in [-0.39, 0.29) is 11.4 Å². The summed E-state index contributed by atoms with van der Waals surface area (Å²) in [5, 5.41) is 3.32. The van der Waals surface area contributed by atoms with Crippen LogP contribution in [0.1, 0.15) is 66.2 Å². The molecule has 1 amide bonds. The Morgan fingerprint density at radius 2 is 1.69 bits per heavy atom. The molecule has 0 atom stereocenters. The van der Waals surface area contributed by atoms with Crippen LogP contribution in [0.3, 0.4) is 0 Å². The molecule has 0 radical (unpaired) electrons. The lowest BCUT2D eigenvalue weighted by atomic mass is 9.74. The summed E-state index contributed by atoms with van der Waals surface area (Å²) in [6, 6.07) is 0. The normalized spacial score (nSPS) is 20.1. The van der Waals surface area contributed by atoms with E-state index in [4.69, 9.17) is 0 Å². The van der Waals surface area contributed by atoms with E-state index in [2.05, 4.69) is 33.0 Å². The summed E-state index contributed by atoms with van der Waals surface area (Å²) < 4.78 is 0. The maximum atomic E-state index is 11.9. The number of hydrogen-bond donors (Lipinski definition) is 1. The van der Waals surface area contributed by atoms with Crippen molar-refractivity contribution < 1.29 is 4.79 Å². The van der Waals surface area contributed by atoms with E-state index in [9.17, 15) is 4.79 Å².